The third kappa shape index (κ3) is 2.30. The monoisotopic (exact) mass is 252 g/mol. The lowest BCUT2D eigenvalue weighted by atomic mass is 10.0. The van der Waals surface area contributed by atoms with Crippen LogP contribution < -0.4 is 10.6 Å². The molecule has 0 aromatic heterocycles. The highest BCUT2D eigenvalue weighted by molar-refractivity contribution is 5.56. The van der Waals surface area contributed by atoms with E-state index in [1.807, 2.05) is 12.1 Å². The van der Waals surface area contributed by atoms with Gasteiger partial charge < -0.3 is 10.6 Å². The molecule has 1 atom stereocenters. The zero-order valence-electron chi connectivity index (χ0n) is 11.3. The molecule has 0 radical (unpaired) electrons. The van der Waals surface area contributed by atoms with Crippen LogP contribution in [0.4, 0.5) is 11.4 Å². The molecule has 2 aromatic carbocycles. The van der Waals surface area contributed by atoms with Crippen LogP contribution in [0.3, 0.4) is 0 Å². The molecule has 2 aromatic rings. The highest BCUT2D eigenvalue weighted by Crippen LogP contribution is 2.37. The Kier molecular flexibility index (Phi) is 3.16. The molecule has 0 bridgehead atoms. The van der Waals surface area contributed by atoms with Crippen LogP contribution in [0.15, 0.2) is 48.5 Å². The van der Waals surface area contributed by atoms with Crippen LogP contribution in [-0.2, 0) is 0 Å². The van der Waals surface area contributed by atoms with Crippen molar-refractivity contribution >= 4 is 11.4 Å². The van der Waals surface area contributed by atoms with Crippen molar-refractivity contribution in [3.05, 3.63) is 59.7 Å². The molecule has 1 fully saturated rings. The van der Waals surface area contributed by atoms with Crippen molar-refractivity contribution in [2.75, 3.05) is 17.2 Å². The van der Waals surface area contributed by atoms with Crippen LogP contribution in [0.1, 0.15) is 30.0 Å². The molecule has 2 N–H and O–H groups in total. The molecule has 0 aliphatic carbocycles. The highest BCUT2D eigenvalue weighted by Gasteiger charge is 2.26. The van der Waals surface area contributed by atoms with Crippen LogP contribution in [0.5, 0.6) is 0 Å². The smallest absolute Gasteiger partial charge is 0.0543 e. The number of para-hydroxylation sites is 1. The first-order valence-corrected chi connectivity index (χ1v) is 6.93. The van der Waals surface area contributed by atoms with E-state index in [0.29, 0.717) is 6.04 Å². The zero-order chi connectivity index (χ0) is 13.2. The number of hydrogen-bond acceptors (Lipinski definition) is 2. The van der Waals surface area contributed by atoms with Crippen molar-refractivity contribution in [3.63, 3.8) is 0 Å². The van der Waals surface area contributed by atoms with Gasteiger partial charge in [-0.3, -0.25) is 0 Å². The second-order valence-electron chi connectivity index (χ2n) is 5.30. The molecule has 0 amide bonds. The van der Waals surface area contributed by atoms with Crippen molar-refractivity contribution < 1.29 is 0 Å². The van der Waals surface area contributed by atoms with E-state index in [-0.39, 0.29) is 0 Å². The molecule has 98 valence electrons. The topological polar surface area (TPSA) is 29.3 Å². The van der Waals surface area contributed by atoms with Gasteiger partial charge in [0.2, 0.25) is 0 Å². The third-order valence-electron chi connectivity index (χ3n) is 4.00. The first-order chi connectivity index (χ1) is 9.25. The Morgan fingerprint density at radius 2 is 1.79 bits per heavy atom. The Hall–Kier alpha value is -1.96. The minimum Gasteiger partial charge on any atom is -0.399 e. The lowest BCUT2D eigenvalue weighted by Crippen LogP contribution is -2.23. The fraction of sp³-hybridized carbons (Fsp3) is 0.294. The number of benzene rings is 2. The summed E-state index contributed by atoms with van der Waals surface area (Å²) in [5.74, 6) is 0. The van der Waals surface area contributed by atoms with Crippen molar-refractivity contribution in [2.24, 2.45) is 0 Å². The SMILES string of the molecule is Cc1ccccc1N1CCCC1c1ccc(N)cc1. The number of hydrogen-bond donors (Lipinski definition) is 1. The molecule has 2 nitrogen and oxygen atoms in total. The fourth-order valence-electron chi connectivity index (χ4n) is 3.01. The maximum absolute atomic E-state index is 5.78. The summed E-state index contributed by atoms with van der Waals surface area (Å²) in [5.41, 5.74) is 10.7. The summed E-state index contributed by atoms with van der Waals surface area (Å²) in [6.07, 6.45) is 2.47. The predicted octanol–water partition coefficient (Wildman–Crippen LogP) is 3.92. The van der Waals surface area contributed by atoms with Gasteiger partial charge in [-0.2, -0.15) is 0 Å². The van der Waals surface area contributed by atoms with Gasteiger partial charge in [-0.1, -0.05) is 30.3 Å². The van der Waals surface area contributed by atoms with Crippen molar-refractivity contribution in [1.29, 1.82) is 0 Å². The lowest BCUT2D eigenvalue weighted by Gasteiger charge is -2.28. The number of nitrogen functional groups attached to an aromatic ring is 1. The molecule has 1 saturated heterocycles. The number of nitrogens with zero attached hydrogens (tertiary/aromatic N) is 1. The van der Waals surface area contributed by atoms with E-state index in [1.54, 1.807) is 0 Å². The van der Waals surface area contributed by atoms with E-state index < -0.39 is 0 Å². The van der Waals surface area contributed by atoms with Gasteiger partial charge in [-0.05, 0) is 49.1 Å². The van der Waals surface area contributed by atoms with Crippen molar-refractivity contribution in [1.82, 2.24) is 0 Å². The Labute approximate surface area is 114 Å². The summed E-state index contributed by atoms with van der Waals surface area (Å²) in [7, 11) is 0. The minimum atomic E-state index is 0.488. The van der Waals surface area contributed by atoms with Crippen LogP contribution in [0.2, 0.25) is 0 Å². The molecule has 0 spiro atoms. The summed E-state index contributed by atoms with van der Waals surface area (Å²) in [6.45, 7) is 3.33. The van der Waals surface area contributed by atoms with Crippen molar-refractivity contribution in [3.8, 4) is 0 Å². The fourth-order valence-corrected chi connectivity index (χ4v) is 3.01. The van der Waals surface area contributed by atoms with E-state index in [9.17, 15) is 0 Å². The molecule has 1 unspecified atom stereocenters. The van der Waals surface area contributed by atoms with Crippen LogP contribution >= 0.6 is 0 Å². The van der Waals surface area contributed by atoms with Gasteiger partial charge in [0.1, 0.15) is 0 Å². The van der Waals surface area contributed by atoms with Crippen LogP contribution in [0.25, 0.3) is 0 Å². The maximum atomic E-state index is 5.78. The van der Waals surface area contributed by atoms with Gasteiger partial charge >= 0.3 is 0 Å². The van der Waals surface area contributed by atoms with Crippen LogP contribution in [0, 0.1) is 6.92 Å². The summed E-state index contributed by atoms with van der Waals surface area (Å²) in [6, 6.07) is 17.5. The molecule has 3 rings (SSSR count). The molecule has 1 aliphatic heterocycles. The second-order valence-corrected chi connectivity index (χ2v) is 5.30. The first kappa shape index (κ1) is 12.1. The Morgan fingerprint density at radius 1 is 1.05 bits per heavy atom. The lowest BCUT2D eigenvalue weighted by molar-refractivity contribution is 0.718. The molecule has 1 heterocycles. The van der Waals surface area contributed by atoms with Gasteiger partial charge in [-0.25, -0.2) is 0 Å². The molecule has 19 heavy (non-hydrogen) atoms. The summed E-state index contributed by atoms with van der Waals surface area (Å²) in [4.78, 5) is 2.53. The number of anilines is 2. The summed E-state index contributed by atoms with van der Waals surface area (Å²) < 4.78 is 0. The summed E-state index contributed by atoms with van der Waals surface area (Å²) in [5, 5.41) is 0. The van der Waals surface area contributed by atoms with Gasteiger partial charge in [0.15, 0.2) is 0 Å². The summed E-state index contributed by atoms with van der Waals surface area (Å²) >= 11 is 0. The zero-order valence-corrected chi connectivity index (χ0v) is 11.3. The molecular weight excluding hydrogens is 232 g/mol. The Morgan fingerprint density at radius 3 is 2.53 bits per heavy atom. The van der Waals surface area contributed by atoms with E-state index in [4.69, 9.17) is 5.73 Å². The van der Waals surface area contributed by atoms with Gasteiger partial charge in [0.25, 0.3) is 0 Å². The van der Waals surface area contributed by atoms with Gasteiger partial charge in [0.05, 0.1) is 6.04 Å². The average molecular weight is 252 g/mol. The van der Waals surface area contributed by atoms with Crippen molar-refractivity contribution in [2.45, 2.75) is 25.8 Å². The molecule has 2 heteroatoms. The second kappa shape index (κ2) is 4.96. The third-order valence-corrected chi connectivity index (χ3v) is 4.00. The standard InChI is InChI=1S/C17H20N2/c1-13-5-2-3-6-16(13)19-12-4-7-17(19)14-8-10-15(18)11-9-14/h2-3,5-6,8-11,17H,4,7,12,18H2,1H3. The predicted molar refractivity (Wildman–Crippen MR) is 81.4 cm³/mol. The molecular formula is C17H20N2. The van der Waals surface area contributed by atoms with Gasteiger partial charge in [0, 0.05) is 17.9 Å². The quantitative estimate of drug-likeness (QED) is 0.821. The van der Waals surface area contributed by atoms with Crippen LogP contribution in [-0.4, -0.2) is 6.54 Å². The highest BCUT2D eigenvalue weighted by atomic mass is 15.2. The normalized spacial score (nSPS) is 18.8. The van der Waals surface area contributed by atoms with Gasteiger partial charge in [-0.15, -0.1) is 0 Å². The van der Waals surface area contributed by atoms with E-state index >= 15 is 0 Å². The van der Waals surface area contributed by atoms with E-state index in [1.165, 1.54) is 29.7 Å². The maximum Gasteiger partial charge on any atom is 0.0543 e. The molecule has 0 saturated carbocycles. The van der Waals surface area contributed by atoms with E-state index in [2.05, 4.69) is 48.2 Å². The number of rotatable bonds is 2. The molecule has 1 aliphatic rings. The Balaban J connectivity index is 1.94. The number of aryl methyl sites for hydroxylation is 1. The Bertz CT molecular complexity index is 560. The largest absolute Gasteiger partial charge is 0.399 e. The average Bonchev–Trinajstić information content (AvgIpc) is 2.89. The van der Waals surface area contributed by atoms with E-state index in [0.717, 1.165) is 12.2 Å². The minimum absolute atomic E-state index is 0.488. The number of nitrogens with two attached hydrogens (primary N) is 1. The first-order valence-electron chi connectivity index (χ1n) is 6.93.